The van der Waals surface area contributed by atoms with Crippen molar-refractivity contribution < 1.29 is 9.59 Å². The molecule has 0 aliphatic heterocycles. The first kappa shape index (κ1) is 19.1. The number of nitrogens with one attached hydrogen (secondary N) is 1. The Kier molecular flexibility index (Phi) is 6.24. The Morgan fingerprint density at radius 2 is 1.81 bits per heavy atom. The summed E-state index contributed by atoms with van der Waals surface area (Å²) in [6.07, 6.45) is 1.86. The maximum absolute atomic E-state index is 12.4. The van der Waals surface area contributed by atoms with Crippen molar-refractivity contribution in [2.75, 3.05) is 6.54 Å². The predicted octanol–water partition coefficient (Wildman–Crippen LogP) is 4.17. The molecule has 0 saturated carbocycles. The summed E-state index contributed by atoms with van der Waals surface area (Å²) in [5, 5.41) is 8.90. The maximum Gasteiger partial charge on any atom is 0.247 e. The van der Waals surface area contributed by atoms with Gasteiger partial charge in [-0.2, -0.15) is 9.78 Å². The molecule has 0 saturated heterocycles. The van der Waals surface area contributed by atoms with Gasteiger partial charge in [0.1, 0.15) is 0 Å². The van der Waals surface area contributed by atoms with Crippen LogP contribution in [-0.2, 0) is 11.2 Å². The van der Waals surface area contributed by atoms with Gasteiger partial charge in [-0.3, -0.25) is 9.59 Å². The Morgan fingerprint density at radius 3 is 2.59 bits per heavy atom. The van der Waals surface area contributed by atoms with Crippen LogP contribution in [0.4, 0.5) is 0 Å². The van der Waals surface area contributed by atoms with Crippen LogP contribution in [0.2, 0.25) is 5.02 Å². The smallest absolute Gasteiger partial charge is 0.247 e. The largest absolute Gasteiger partial charge is 0.356 e. The molecule has 2 aromatic carbocycles. The number of nitrogens with zero attached hydrogens (tertiary/aromatic N) is 2. The number of carbonyl (C=O) groups is 2. The summed E-state index contributed by atoms with van der Waals surface area (Å²) in [7, 11) is 0. The van der Waals surface area contributed by atoms with E-state index in [9.17, 15) is 9.59 Å². The zero-order valence-electron chi connectivity index (χ0n) is 15.2. The fourth-order valence-electron chi connectivity index (χ4n) is 3.00. The van der Waals surface area contributed by atoms with Gasteiger partial charge in [-0.15, -0.1) is 0 Å². The van der Waals surface area contributed by atoms with Crippen molar-refractivity contribution >= 4 is 34.3 Å². The highest BCUT2D eigenvalue weighted by atomic mass is 35.5. The van der Waals surface area contributed by atoms with Gasteiger partial charge in [0.05, 0.1) is 11.2 Å². The molecule has 3 aromatic rings. The van der Waals surface area contributed by atoms with Crippen LogP contribution >= 0.6 is 11.6 Å². The molecule has 1 aromatic heterocycles. The summed E-state index contributed by atoms with van der Waals surface area (Å²) < 4.78 is 1.45. The summed E-state index contributed by atoms with van der Waals surface area (Å²) in [6, 6.07) is 15.2. The first-order valence-corrected chi connectivity index (χ1v) is 9.41. The number of aromatic nitrogens is 2. The second kappa shape index (κ2) is 8.82. The zero-order chi connectivity index (χ0) is 19.2. The average Bonchev–Trinajstić information content (AvgIpc) is 3.00. The average molecular weight is 384 g/mol. The lowest BCUT2D eigenvalue weighted by atomic mass is 10.1. The van der Waals surface area contributed by atoms with Crippen molar-refractivity contribution in [1.29, 1.82) is 0 Å². The van der Waals surface area contributed by atoms with E-state index in [4.69, 9.17) is 11.6 Å². The fourth-order valence-corrected chi connectivity index (χ4v) is 3.13. The number of rotatable bonds is 7. The van der Waals surface area contributed by atoms with Crippen LogP contribution in [0.3, 0.4) is 0 Å². The van der Waals surface area contributed by atoms with Crippen molar-refractivity contribution in [3.63, 3.8) is 0 Å². The molecule has 1 heterocycles. The molecule has 0 bridgehead atoms. The number of hydrogen-bond donors (Lipinski definition) is 1. The molecule has 0 fully saturated rings. The monoisotopic (exact) mass is 383 g/mol. The standard InChI is InChI=1S/C21H22ClN3O2/c1-15-18-5-2-3-6-19(18)25(24-15)21(27)8-4-7-20(26)23-14-13-16-9-11-17(22)12-10-16/h2-3,5-6,9-12H,4,7-8,13-14H2,1H3,(H,23,26). The van der Waals surface area contributed by atoms with Gasteiger partial charge < -0.3 is 5.32 Å². The molecule has 0 aliphatic rings. The summed E-state index contributed by atoms with van der Waals surface area (Å²) >= 11 is 5.85. The Hall–Kier alpha value is -2.66. The number of benzene rings is 2. The van der Waals surface area contributed by atoms with Crippen LogP contribution in [0.25, 0.3) is 10.9 Å². The van der Waals surface area contributed by atoms with E-state index < -0.39 is 0 Å². The molecule has 0 spiro atoms. The molecule has 140 valence electrons. The summed E-state index contributed by atoms with van der Waals surface area (Å²) in [4.78, 5) is 24.4. The topological polar surface area (TPSA) is 64.0 Å². The number of amides is 1. The van der Waals surface area contributed by atoms with Gasteiger partial charge in [-0.25, -0.2) is 0 Å². The first-order chi connectivity index (χ1) is 13.0. The minimum absolute atomic E-state index is 0.0433. The fraction of sp³-hybridized carbons (Fsp3) is 0.286. The van der Waals surface area contributed by atoms with E-state index in [0.717, 1.165) is 28.6 Å². The number of aryl methyl sites for hydroxylation is 1. The van der Waals surface area contributed by atoms with E-state index >= 15 is 0 Å². The van der Waals surface area contributed by atoms with Crippen LogP contribution in [0.5, 0.6) is 0 Å². The van der Waals surface area contributed by atoms with E-state index in [1.807, 2.05) is 55.5 Å². The molecule has 0 radical (unpaired) electrons. The highest BCUT2D eigenvalue weighted by Crippen LogP contribution is 2.18. The van der Waals surface area contributed by atoms with E-state index in [1.54, 1.807) is 0 Å². The number of fused-ring (bicyclic) bond motifs is 1. The lowest BCUT2D eigenvalue weighted by Crippen LogP contribution is -2.25. The first-order valence-electron chi connectivity index (χ1n) is 9.03. The molecule has 27 heavy (non-hydrogen) atoms. The van der Waals surface area contributed by atoms with Crippen LogP contribution in [0, 0.1) is 6.92 Å². The third-order valence-electron chi connectivity index (χ3n) is 4.45. The predicted molar refractivity (Wildman–Crippen MR) is 107 cm³/mol. The highest BCUT2D eigenvalue weighted by Gasteiger charge is 2.13. The molecule has 3 rings (SSSR count). The van der Waals surface area contributed by atoms with Crippen molar-refractivity contribution in [3.8, 4) is 0 Å². The lowest BCUT2D eigenvalue weighted by molar-refractivity contribution is -0.121. The van der Waals surface area contributed by atoms with E-state index in [2.05, 4.69) is 10.4 Å². The SMILES string of the molecule is Cc1nn(C(=O)CCCC(=O)NCCc2ccc(Cl)cc2)c2ccccc12. The molecular weight excluding hydrogens is 362 g/mol. The summed E-state index contributed by atoms with van der Waals surface area (Å²) in [5.41, 5.74) is 2.77. The summed E-state index contributed by atoms with van der Waals surface area (Å²) in [5.74, 6) is -0.133. The van der Waals surface area contributed by atoms with E-state index in [-0.39, 0.29) is 18.2 Å². The Morgan fingerprint density at radius 1 is 1.07 bits per heavy atom. The Labute approximate surface area is 163 Å². The number of para-hydroxylation sites is 1. The van der Waals surface area contributed by atoms with Gasteiger partial charge in [0.2, 0.25) is 11.8 Å². The summed E-state index contributed by atoms with van der Waals surface area (Å²) in [6.45, 7) is 2.46. The van der Waals surface area contributed by atoms with Gasteiger partial charge in [0.15, 0.2) is 0 Å². The van der Waals surface area contributed by atoms with Gasteiger partial charge in [0, 0.05) is 29.8 Å². The quantitative estimate of drug-likeness (QED) is 0.666. The number of halogens is 1. The normalized spacial score (nSPS) is 10.9. The molecule has 1 amide bonds. The second-order valence-corrected chi connectivity index (χ2v) is 6.92. The van der Waals surface area contributed by atoms with Crippen LogP contribution in [0.1, 0.15) is 35.3 Å². The molecule has 5 nitrogen and oxygen atoms in total. The van der Waals surface area contributed by atoms with Crippen molar-refractivity contribution in [3.05, 3.63) is 64.8 Å². The minimum atomic E-state index is -0.0896. The van der Waals surface area contributed by atoms with Crippen LogP contribution in [0.15, 0.2) is 48.5 Å². The van der Waals surface area contributed by atoms with Crippen molar-refractivity contribution in [2.45, 2.75) is 32.6 Å². The van der Waals surface area contributed by atoms with Gasteiger partial charge in [0.25, 0.3) is 0 Å². The third-order valence-corrected chi connectivity index (χ3v) is 4.70. The molecule has 6 heteroatoms. The zero-order valence-corrected chi connectivity index (χ0v) is 16.0. The molecule has 0 aliphatic carbocycles. The van der Waals surface area contributed by atoms with Crippen molar-refractivity contribution in [1.82, 2.24) is 15.1 Å². The van der Waals surface area contributed by atoms with Crippen LogP contribution in [-0.4, -0.2) is 28.1 Å². The number of carbonyl (C=O) groups excluding carboxylic acids is 2. The minimum Gasteiger partial charge on any atom is -0.356 e. The van der Waals surface area contributed by atoms with Gasteiger partial charge >= 0.3 is 0 Å². The lowest BCUT2D eigenvalue weighted by Gasteiger charge is -2.06. The maximum atomic E-state index is 12.4. The van der Waals surface area contributed by atoms with Gasteiger partial charge in [-0.05, 0) is 43.5 Å². The Bertz CT molecular complexity index is 948. The third kappa shape index (κ3) is 4.95. The van der Waals surface area contributed by atoms with Gasteiger partial charge in [-0.1, -0.05) is 41.9 Å². The van der Waals surface area contributed by atoms with E-state index in [1.165, 1.54) is 4.68 Å². The number of hydrogen-bond acceptors (Lipinski definition) is 3. The Balaban J connectivity index is 1.42. The van der Waals surface area contributed by atoms with Crippen LogP contribution < -0.4 is 5.32 Å². The van der Waals surface area contributed by atoms with Crippen molar-refractivity contribution in [2.24, 2.45) is 0 Å². The molecule has 1 N–H and O–H groups in total. The molecule has 0 unspecified atom stereocenters. The van der Waals surface area contributed by atoms with E-state index in [0.29, 0.717) is 24.4 Å². The molecule has 0 atom stereocenters. The highest BCUT2D eigenvalue weighted by molar-refractivity contribution is 6.30. The second-order valence-electron chi connectivity index (χ2n) is 6.49. The molecular formula is C21H22ClN3O2.